The van der Waals surface area contributed by atoms with E-state index in [0.29, 0.717) is 6.54 Å². The molecule has 0 bridgehead atoms. The molecule has 0 saturated carbocycles. The van der Waals surface area contributed by atoms with Crippen LogP contribution in [0.4, 0.5) is 0 Å². The summed E-state index contributed by atoms with van der Waals surface area (Å²) >= 11 is 0. The van der Waals surface area contributed by atoms with Crippen molar-refractivity contribution in [2.45, 2.75) is 13.5 Å². The lowest BCUT2D eigenvalue weighted by atomic mass is 10.8. The molecule has 0 spiro atoms. The molecule has 0 aromatic carbocycles. The summed E-state index contributed by atoms with van der Waals surface area (Å²) in [4.78, 5) is 10.8. The van der Waals surface area contributed by atoms with Crippen LogP contribution in [0.15, 0.2) is 4.79 Å². The largest absolute Gasteiger partial charge is 0.363 e. The molecule has 0 unspecified atom stereocenters. The Morgan fingerprint density at radius 1 is 1.56 bits per heavy atom. The first-order chi connectivity index (χ1) is 4.25. The summed E-state index contributed by atoms with van der Waals surface area (Å²) in [7, 11) is 1.57. The zero-order valence-electron chi connectivity index (χ0n) is 5.40. The van der Waals surface area contributed by atoms with Crippen LogP contribution in [0, 0.1) is 0 Å². The summed E-state index contributed by atoms with van der Waals surface area (Å²) in [5.41, 5.74) is -0.169. The Labute approximate surface area is 51.9 Å². The highest BCUT2D eigenvalue weighted by molar-refractivity contribution is 4.52. The number of hydrogen-bond acceptors (Lipinski definition) is 3. The van der Waals surface area contributed by atoms with Crippen LogP contribution in [0.5, 0.6) is 0 Å². The summed E-state index contributed by atoms with van der Waals surface area (Å²) in [5.74, 6) is 0. The quantitative estimate of drug-likeness (QED) is 0.487. The van der Waals surface area contributed by atoms with Gasteiger partial charge in [0.1, 0.15) is 0 Å². The molecule has 50 valence electrons. The van der Waals surface area contributed by atoms with E-state index >= 15 is 0 Å². The zero-order chi connectivity index (χ0) is 6.85. The predicted molar refractivity (Wildman–Crippen MR) is 30.9 cm³/mol. The molecule has 1 heterocycles. The minimum atomic E-state index is -0.169. The molecule has 0 aliphatic heterocycles. The van der Waals surface area contributed by atoms with Crippen LogP contribution in [-0.4, -0.2) is 19.8 Å². The van der Waals surface area contributed by atoms with Gasteiger partial charge in [0.25, 0.3) is 0 Å². The maximum absolute atomic E-state index is 10.8. The smallest absolute Gasteiger partial charge is 0.244 e. The monoisotopic (exact) mass is 128 g/mol. The van der Waals surface area contributed by atoms with Gasteiger partial charge in [-0.25, -0.2) is 4.79 Å². The van der Waals surface area contributed by atoms with Gasteiger partial charge in [0.05, 0.1) is 0 Å². The van der Waals surface area contributed by atoms with E-state index < -0.39 is 0 Å². The highest BCUT2D eigenvalue weighted by Crippen LogP contribution is 1.67. The van der Waals surface area contributed by atoms with E-state index in [0.717, 1.165) is 0 Å². The molecular formula is C4H8N4O. The SMILES string of the molecule is CCn1nnn(C)c1=O. The van der Waals surface area contributed by atoms with Gasteiger partial charge in [-0.15, -0.1) is 0 Å². The van der Waals surface area contributed by atoms with Gasteiger partial charge < -0.3 is 0 Å². The van der Waals surface area contributed by atoms with Crippen molar-refractivity contribution in [3.8, 4) is 0 Å². The second kappa shape index (κ2) is 2.00. The third kappa shape index (κ3) is 0.847. The Balaban J connectivity index is 3.20. The molecule has 0 amide bonds. The lowest BCUT2D eigenvalue weighted by Gasteiger charge is -1.84. The fraction of sp³-hybridized carbons (Fsp3) is 0.750. The second-order valence-electron chi connectivity index (χ2n) is 1.70. The Kier molecular flexibility index (Phi) is 1.33. The lowest BCUT2D eigenvalue weighted by molar-refractivity contribution is 0.609. The van der Waals surface area contributed by atoms with Gasteiger partial charge in [0, 0.05) is 13.6 Å². The maximum atomic E-state index is 10.8. The second-order valence-corrected chi connectivity index (χ2v) is 1.70. The van der Waals surface area contributed by atoms with Crippen LogP contribution in [0.3, 0.4) is 0 Å². The molecule has 1 aromatic rings. The summed E-state index contributed by atoms with van der Waals surface area (Å²) in [6.07, 6.45) is 0. The van der Waals surface area contributed by atoms with E-state index in [-0.39, 0.29) is 5.69 Å². The molecular weight excluding hydrogens is 120 g/mol. The van der Waals surface area contributed by atoms with Crippen LogP contribution in [-0.2, 0) is 13.6 Å². The fourth-order valence-electron chi connectivity index (χ4n) is 0.550. The van der Waals surface area contributed by atoms with Crippen molar-refractivity contribution in [1.29, 1.82) is 0 Å². The van der Waals surface area contributed by atoms with E-state index in [2.05, 4.69) is 10.4 Å². The number of aryl methyl sites for hydroxylation is 2. The van der Waals surface area contributed by atoms with Gasteiger partial charge in [0.2, 0.25) is 0 Å². The van der Waals surface area contributed by atoms with Gasteiger partial charge in [-0.1, -0.05) is 0 Å². The van der Waals surface area contributed by atoms with Gasteiger partial charge >= 0.3 is 5.69 Å². The molecule has 0 radical (unpaired) electrons. The summed E-state index contributed by atoms with van der Waals surface area (Å²) in [5, 5.41) is 7.06. The van der Waals surface area contributed by atoms with Crippen molar-refractivity contribution in [3.63, 3.8) is 0 Å². The molecule has 0 N–H and O–H groups in total. The van der Waals surface area contributed by atoms with Gasteiger partial charge in [-0.3, -0.25) is 0 Å². The average Bonchev–Trinajstić information content (AvgIpc) is 2.15. The summed E-state index contributed by atoms with van der Waals surface area (Å²) in [6.45, 7) is 2.42. The summed E-state index contributed by atoms with van der Waals surface area (Å²) < 4.78 is 2.49. The van der Waals surface area contributed by atoms with Crippen molar-refractivity contribution in [2.75, 3.05) is 0 Å². The highest BCUT2D eigenvalue weighted by atomic mass is 16.2. The van der Waals surface area contributed by atoms with Gasteiger partial charge in [-0.2, -0.15) is 9.36 Å². The molecule has 5 heteroatoms. The molecule has 0 aliphatic carbocycles. The minimum absolute atomic E-state index is 0.169. The molecule has 0 fully saturated rings. The number of nitrogens with zero attached hydrogens (tertiary/aromatic N) is 4. The van der Waals surface area contributed by atoms with Gasteiger partial charge in [0.15, 0.2) is 0 Å². The number of hydrogen-bond donors (Lipinski definition) is 0. The normalized spacial score (nSPS) is 10.0. The van der Waals surface area contributed by atoms with Gasteiger partial charge in [-0.05, 0) is 17.4 Å². The first-order valence-corrected chi connectivity index (χ1v) is 2.72. The van der Waals surface area contributed by atoms with Crippen molar-refractivity contribution < 1.29 is 0 Å². The topological polar surface area (TPSA) is 52.7 Å². The Morgan fingerprint density at radius 3 is 2.44 bits per heavy atom. The predicted octanol–water partition coefficient (Wildman–Crippen LogP) is -1.00. The Hall–Kier alpha value is -1.13. The molecule has 0 aliphatic rings. The van der Waals surface area contributed by atoms with E-state index in [1.165, 1.54) is 9.36 Å². The van der Waals surface area contributed by atoms with E-state index in [9.17, 15) is 4.79 Å². The van der Waals surface area contributed by atoms with Crippen molar-refractivity contribution in [2.24, 2.45) is 7.05 Å². The molecule has 0 saturated heterocycles. The molecule has 1 aromatic heterocycles. The maximum Gasteiger partial charge on any atom is 0.363 e. The van der Waals surface area contributed by atoms with Crippen LogP contribution < -0.4 is 5.69 Å². The molecule has 1 rings (SSSR count). The van der Waals surface area contributed by atoms with E-state index in [1.54, 1.807) is 7.05 Å². The van der Waals surface area contributed by atoms with E-state index in [1.807, 2.05) is 6.92 Å². The number of tetrazole rings is 1. The molecule has 5 nitrogen and oxygen atoms in total. The standard InChI is InChI=1S/C4H8N4O/c1-3-8-4(9)7(2)5-6-8/h3H2,1-2H3. The fourth-order valence-corrected chi connectivity index (χ4v) is 0.550. The van der Waals surface area contributed by atoms with Crippen molar-refractivity contribution in [3.05, 3.63) is 10.5 Å². The third-order valence-electron chi connectivity index (χ3n) is 1.08. The summed E-state index contributed by atoms with van der Waals surface area (Å²) in [6, 6.07) is 0. The van der Waals surface area contributed by atoms with Crippen LogP contribution >= 0.6 is 0 Å². The highest BCUT2D eigenvalue weighted by Gasteiger charge is 1.96. The van der Waals surface area contributed by atoms with Crippen LogP contribution in [0.1, 0.15) is 6.92 Å². The molecule has 9 heavy (non-hydrogen) atoms. The minimum Gasteiger partial charge on any atom is -0.244 e. The number of aromatic nitrogens is 4. The Bertz CT molecular complexity index is 247. The van der Waals surface area contributed by atoms with Crippen molar-refractivity contribution >= 4 is 0 Å². The van der Waals surface area contributed by atoms with Crippen LogP contribution in [0.25, 0.3) is 0 Å². The lowest BCUT2D eigenvalue weighted by Crippen LogP contribution is -2.22. The third-order valence-corrected chi connectivity index (χ3v) is 1.08. The van der Waals surface area contributed by atoms with Crippen molar-refractivity contribution in [1.82, 2.24) is 19.8 Å². The molecule has 0 atom stereocenters. The first-order valence-electron chi connectivity index (χ1n) is 2.72. The Morgan fingerprint density at radius 2 is 2.22 bits per heavy atom. The van der Waals surface area contributed by atoms with E-state index in [4.69, 9.17) is 0 Å². The zero-order valence-corrected chi connectivity index (χ0v) is 5.40. The first kappa shape index (κ1) is 6.00. The number of rotatable bonds is 1. The van der Waals surface area contributed by atoms with Crippen LogP contribution in [0.2, 0.25) is 0 Å². The average molecular weight is 128 g/mol.